The number of esters is 1. The van der Waals surface area contributed by atoms with Crippen molar-refractivity contribution in [1.82, 2.24) is 4.98 Å². The highest BCUT2D eigenvalue weighted by Gasteiger charge is 2.29. The minimum atomic E-state index is -0.268. The summed E-state index contributed by atoms with van der Waals surface area (Å²) in [4.78, 5) is 15.9. The van der Waals surface area contributed by atoms with Crippen molar-refractivity contribution < 1.29 is 9.53 Å². The number of rotatable bonds is 0. The molecule has 3 heteroatoms. The number of hydrogen-bond acceptors (Lipinski definition) is 3. The first-order valence-electron chi connectivity index (χ1n) is 4.86. The molecule has 0 N–H and O–H groups in total. The number of nitrogens with zero attached hydrogens (tertiary/aromatic N) is 1. The number of fused-ring (bicyclic) bond motifs is 2. The van der Waals surface area contributed by atoms with E-state index in [4.69, 9.17) is 4.74 Å². The van der Waals surface area contributed by atoms with Crippen LogP contribution in [0.5, 0.6) is 0 Å². The summed E-state index contributed by atoms with van der Waals surface area (Å²) in [5.41, 5.74) is 2.25. The SMILES string of the molecule is C[C@H]1OC(=O)c2cc3ccccc3nc21. The molecule has 15 heavy (non-hydrogen) atoms. The van der Waals surface area contributed by atoms with Crippen molar-refractivity contribution in [2.75, 3.05) is 0 Å². The summed E-state index contributed by atoms with van der Waals surface area (Å²) < 4.78 is 5.10. The van der Waals surface area contributed by atoms with Gasteiger partial charge in [-0.25, -0.2) is 9.78 Å². The summed E-state index contributed by atoms with van der Waals surface area (Å²) >= 11 is 0. The van der Waals surface area contributed by atoms with E-state index in [9.17, 15) is 4.79 Å². The lowest BCUT2D eigenvalue weighted by atomic mass is 10.1. The highest BCUT2D eigenvalue weighted by Crippen LogP contribution is 2.30. The second-order valence-electron chi connectivity index (χ2n) is 3.66. The molecule has 1 aromatic carbocycles. The van der Waals surface area contributed by atoms with Gasteiger partial charge in [0.1, 0.15) is 6.10 Å². The first kappa shape index (κ1) is 8.41. The Labute approximate surface area is 86.7 Å². The third kappa shape index (κ3) is 1.13. The molecule has 2 aromatic rings. The predicted octanol–water partition coefficient (Wildman–Crippen LogP) is 2.47. The van der Waals surface area contributed by atoms with Crippen LogP contribution in [0.25, 0.3) is 10.9 Å². The molecule has 0 saturated carbocycles. The average Bonchev–Trinajstić information content (AvgIpc) is 2.52. The van der Waals surface area contributed by atoms with Gasteiger partial charge in [-0.1, -0.05) is 18.2 Å². The van der Waals surface area contributed by atoms with Crippen LogP contribution in [0.3, 0.4) is 0 Å². The number of para-hydroxylation sites is 1. The van der Waals surface area contributed by atoms with Crippen molar-refractivity contribution in [1.29, 1.82) is 0 Å². The Morgan fingerprint density at radius 2 is 2.13 bits per heavy atom. The Kier molecular flexibility index (Phi) is 1.57. The van der Waals surface area contributed by atoms with Crippen LogP contribution in [-0.4, -0.2) is 11.0 Å². The van der Waals surface area contributed by atoms with Gasteiger partial charge in [-0.15, -0.1) is 0 Å². The maximum atomic E-state index is 11.5. The van der Waals surface area contributed by atoms with Crippen LogP contribution in [0.1, 0.15) is 29.1 Å². The molecular weight excluding hydrogens is 190 g/mol. The van der Waals surface area contributed by atoms with Crippen LogP contribution in [0.4, 0.5) is 0 Å². The first-order chi connectivity index (χ1) is 7.25. The maximum Gasteiger partial charge on any atom is 0.340 e. The normalized spacial score (nSPS) is 19.0. The molecule has 3 rings (SSSR count). The molecule has 0 bridgehead atoms. The zero-order chi connectivity index (χ0) is 10.4. The molecular formula is C12H9NO2. The molecule has 1 aliphatic heterocycles. The number of aromatic nitrogens is 1. The van der Waals surface area contributed by atoms with E-state index in [1.54, 1.807) is 0 Å². The zero-order valence-corrected chi connectivity index (χ0v) is 8.23. The summed E-state index contributed by atoms with van der Waals surface area (Å²) in [7, 11) is 0. The summed E-state index contributed by atoms with van der Waals surface area (Å²) in [6.07, 6.45) is -0.225. The minimum Gasteiger partial charge on any atom is -0.452 e. The van der Waals surface area contributed by atoms with E-state index in [2.05, 4.69) is 4.98 Å². The van der Waals surface area contributed by atoms with E-state index in [0.29, 0.717) is 5.56 Å². The quantitative estimate of drug-likeness (QED) is 0.612. The molecule has 1 aliphatic rings. The number of benzene rings is 1. The molecule has 0 aliphatic carbocycles. The fraction of sp³-hybridized carbons (Fsp3) is 0.167. The second-order valence-corrected chi connectivity index (χ2v) is 3.66. The van der Waals surface area contributed by atoms with Gasteiger partial charge in [0.05, 0.1) is 16.8 Å². The third-order valence-corrected chi connectivity index (χ3v) is 2.64. The van der Waals surface area contributed by atoms with Crippen molar-refractivity contribution in [2.45, 2.75) is 13.0 Å². The smallest absolute Gasteiger partial charge is 0.340 e. The van der Waals surface area contributed by atoms with Crippen LogP contribution in [0.15, 0.2) is 30.3 Å². The molecule has 0 spiro atoms. The van der Waals surface area contributed by atoms with Crippen molar-refractivity contribution in [2.24, 2.45) is 0 Å². The van der Waals surface area contributed by atoms with Gasteiger partial charge in [-0.2, -0.15) is 0 Å². The van der Waals surface area contributed by atoms with Gasteiger partial charge >= 0.3 is 5.97 Å². The number of hydrogen-bond donors (Lipinski definition) is 0. The molecule has 74 valence electrons. The average molecular weight is 199 g/mol. The minimum absolute atomic E-state index is 0.225. The van der Waals surface area contributed by atoms with Crippen molar-refractivity contribution in [3.63, 3.8) is 0 Å². The number of pyridine rings is 1. The van der Waals surface area contributed by atoms with Crippen molar-refractivity contribution in [3.05, 3.63) is 41.6 Å². The van der Waals surface area contributed by atoms with Gasteiger partial charge in [0, 0.05) is 5.39 Å². The Bertz CT molecular complexity index is 563. The molecule has 0 amide bonds. The highest BCUT2D eigenvalue weighted by atomic mass is 16.5. The van der Waals surface area contributed by atoms with E-state index in [-0.39, 0.29) is 12.1 Å². The lowest BCUT2D eigenvalue weighted by molar-refractivity contribution is 0.0418. The fourth-order valence-corrected chi connectivity index (χ4v) is 1.88. The second kappa shape index (κ2) is 2.79. The van der Waals surface area contributed by atoms with Crippen molar-refractivity contribution >= 4 is 16.9 Å². The monoisotopic (exact) mass is 199 g/mol. The Hall–Kier alpha value is -1.90. The molecule has 2 heterocycles. The Balaban J connectivity index is 2.36. The van der Waals surface area contributed by atoms with Gasteiger partial charge in [-0.05, 0) is 19.1 Å². The van der Waals surface area contributed by atoms with Gasteiger partial charge in [0.2, 0.25) is 0 Å². The van der Waals surface area contributed by atoms with E-state index in [1.807, 2.05) is 37.3 Å². The molecule has 0 saturated heterocycles. The van der Waals surface area contributed by atoms with Crippen LogP contribution < -0.4 is 0 Å². The Morgan fingerprint density at radius 1 is 1.33 bits per heavy atom. The summed E-state index contributed by atoms with van der Waals surface area (Å²) in [5, 5.41) is 0.974. The van der Waals surface area contributed by atoms with Gasteiger partial charge in [-0.3, -0.25) is 0 Å². The fourth-order valence-electron chi connectivity index (χ4n) is 1.88. The standard InChI is InChI=1S/C12H9NO2/c1-7-11-9(12(14)15-7)6-8-4-2-3-5-10(8)13-11/h2-7H,1H3/t7-/m1/s1. The summed E-state index contributed by atoms with van der Waals surface area (Å²) in [6, 6.07) is 9.59. The lowest BCUT2D eigenvalue weighted by Crippen LogP contribution is -1.94. The summed E-state index contributed by atoms with van der Waals surface area (Å²) in [6.45, 7) is 1.84. The van der Waals surface area contributed by atoms with Crippen LogP contribution in [0.2, 0.25) is 0 Å². The van der Waals surface area contributed by atoms with E-state index >= 15 is 0 Å². The van der Waals surface area contributed by atoms with Crippen LogP contribution >= 0.6 is 0 Å². The van der Waals surface area contributed by atoms with Crippen LogP contribution in [0, 0.1) is 0 Å². The molecule has 0 radical (unpaired) electrons. The molecule has 1 atom stereocenters. The molecule has 1 aromatic heterocycles. The molecule has 3 nitrogen and oxygen atoms in total. The van der Waals surface area contributed by atoms with E-state index in [0.717, 1.165) is 16.6 Å². The van der Waals surface area contributed by atoms with Gasteiger partial charge in [0.25, 0.3) is 0 Å². The first-order valence-corrected chi connectivity index (χ1v) is 4.86. The number of ether oxygens (including phenoxy) is 1. The molecule has 0 unspecified atom stereocenters. The molecule has 0 fully saturated rings. The number of carbonyl (C=O) groups excluding carboxylic acids is 1. The van der Waals surface area contributed by atoms with Crippen molar-refractivity contribution in [3.8, 4) is 0 Å². The zero-order valence-electron chi connectivity index (χ0n) is 8.23. The number of carbonyl (C=O) groups is 1. The van der Waals surface area contributed by atoms with Gasteiger partial charge < -0.3 is 4.74 Å². The number of cyclic esters (lactones) is 1. The largest absolute Gasteiger partial charge is 0.452 e. The lowest BCUT2D eigenvalue weighted by Gasteiger charge is -2.02. The Morgan fingerprint density at radius 3 is 3.00 bits per heavy atom. The van der Waals surface area contributed by atoms with E-state index < -0.39 is 0 Å². The van der Waals surface area contributed by atoms with Crippen LogP contribution in [-0.2, 0) is 4.74 Å². The van der Waals surface area contributed by atoms with Gasteiger partial charge in [0.15, 0.2) is 0 Å². The summed E-state index contributed by atoms with van der Waals surface area (Å²) in [5.74, 6) is -0.268. The topological polar surface area (TPSA) is 39.2 Å². The highest BCUT2D eigenvalue weighted by molar-refractivity contribution is 5.97. The third-order valence-electron chi connectivity index (χ3n) is 2.64. The van der Waals surface area contributed by atoms with E-state index in [1.165, 1.54) is 0 Å². The maximum absolute atomic E-state index is 11.5. The predicted molar refractivity (Wildman–Crippen MR) is 55.6 cm³/mol.